The molecular weight excluding hydrogens is 730 g/mol. The summed E-state index contributed by atoms with van der Waals surface area (Å²) >= 11 is 6.36. The van der Waals surface area contributed by atoms with Crippen LogP contribution in [0.25, 0.3) is 22.5 Å². The molecule has 1 unspecified atom stereocenters. The average Bonchev–Trinajstić information content (AvgIpc) is 3.86. The zero-order chi connectivity index (χ0) is 39.4. The van der Waals surface area contributed by atoms with Gasteiger partial charge in [0.2, 0.25) is 5.82 Å². The molecule has 10 heteroatoms. The molecule has 5 aromatic carbocycles. The fourth-order valence-corrected chi connectivity index (χ4v) is 8.55. The third-order valence-electron chi connectivity index (χ3n) is 11.1. The molecule has 0 spiro atoms. The Morgan fingerprint density at radius 2 is 1.47 bits per heavy atom. The summed E-state index contributed by atoms with van der Waals surface area (Å²) in [6.45, 7) is 6.76. The summed E-state index contributed by atoms with van der Waals surface area (Å²) in [6.07, 6.45) is 4.89. The first-order chi connectivity index (χ1) is 27.9. The molecule has 0 aliphatic carbocycles. The summed E-state index contributed by atoms with van der Waals surface area (Å²) in [7, 11) is 0. The van der Waals surface area contributed by atoms with E-state index in [4.69, 9.17) is 27.0 Å². The highest BCUT2D eigenvalue weighted by Gasteiger charge is 2.41. The van der Waals surface area contributed by atoms with Crippen LogP contribution in [0.2, 0.25) is 5.15 Å². The Hall–Kier alpha value is -6.06. The number of nitrogens with zero attached hydrogens (tertiary/aromatic N) is 7. The number of piperidine rings is 1. The van der Waals surface area contributed by atoms with Crippen LogP contribution in [0.5, 0.6) is 0 Å². The molecule has 1 fully saturated rings. The molecular formula is C47H46ClN7O2. The van der Waals surface area contributed by atoms with Crippen LogP contribution in [0.4, 0.5) is 5.69 Å². The monoisotopic (exact) mass is 775 g/mol. The van der Waals surface area contributed by atoms with Crippen molar-refractivity contribution in [2.75, 3.05) is 18.0 Å². The molecule has 1 aliphatic heterocycles. The van der Waals surface area contributed by atoms with Crippen molar-refractivity contribution >= 4 is 23.3 Å². The van der Waals surface area contributed by atoms with Gasteiger partial charge >= 0.3 is 5.97 Å². The van der Waals surface area contributed by atoms with Crippen LogP contribution in [0, 0.1) is 5.92 Å². The molecule has 1 atom stereocenters. The molecule has 1 saturated heterocycles. The van der Waals surface area contributed by atoms with Gasteiger partial charge in [-0.15, -0.1) is 15.0 Å². The van der Waals surface area contributed by atoms with Gasteiger partial charge in [-0.25, -0.2) is 9.78 Å². The van der Waals surface area contributed by atoms with Crippen LogP contribution in [-0.4, -0.2) is 53.9 Å². The molecule has 8 rings (SSSR count). The summed E-state index contributed by atoms with van der Waals surface area (Å²) in [5.74, 6) is 0.719. The van der Waals surface area contributed by atoms with Gasteiger partial charge in [-0.1, -0.05) is 147 Å². The van der Waals surface area contributed by atoms with E-state index in [0.717, 1.165) is 77.0 Å². The summed E-state index contributed by atoms with van der Waals surface area (Å²) in [5.41, 5.74) is 7.10. The van der Waals surface area contributed by atoms with Crippen LogP contribution < -0.4 is 4.90 Å². The van der Waals surface area contributed by atoms with E-state index in [1.165, 1.54) is 6.42 Å². The molecule has 0 saturated carbocycles. The Bertz CT molecular complexity index is 2350. The van der Waals surface area contributed by atoms with Gasteiger partial charge in [0.1, 0.15) is 5.82 Å². The maximum Gasteiger partial charge on any atom is 0.355 e. The van der Waals surface area contributed by atoms with E-state index >= 15 is 0 Å². The number of carboxylic acids is 1. The predicted octanol–water partition coefficient (Wildman–Crippen LogP) is 10.0. The quantitative estimate of drug-likeness (QED) is 0.116. The topological polar surface area (TPSA) is 102 Å². The van der Waals surface area contributed by atoms with Gasteiger partial charge < -0.3 is 14.6 Å². The smallest absolute Gasteiger partial charge is 0.355 e. The van der Waals surface area contributed by atoms with Gasteiger partial charge in [-0.2, -0.15) is 0 Å². The number of imidazole rings is 1. The molecule has 57 heavy (non-hydrogen) atoms. The van der Waals surface area contributed by atoms with Crippen LogP contribution in [0.3, 0.4) is 0 Å². The van der Waals surface area contributed by atoms with Crippen molar-refractivity contribution in [1.29, 1.82) is 0 Å². The fourth-order valence-electron chi connectivity index (χ4n) is 8.27. The van der Waals surface area contributed by atoms with E-state index in [9.17, 15) is 9.90 Å². The predicted molar refractivity (Wildman–Crippen MR) is 226 cm³/mol. The molecule has 0 amide bonds. The van der Waals surface area contributed by atoms with Gasteiger partial charge in [0, 0.05) is 37.3 Å². The van der Waals surface area contributed by atoms with Gasteiger partial charge in [0.25, 0.3) is 0 Å². The molecule has 7 aromatic rings. The number of carbonyl (C=O) groups is 1. The van der Waals surface area contributed by atoms with E-state index in [1.807, 2.05) is 66.7 Å². The normalized spacial score (nSPS) is 14.5. The summed E-state index contributed by atoms with van der Waals surface area (Å²) < 4.78 is 1.74. The number of anilines is 1. The second-order valence-electron chi connectivity index (χ2n) is 15.0. The lowest BCUT2D eigenvalue weighted by Crippen LogP contribution is -2.39. The second kappa shape index (κ2) is 16.6. The largest absolute Gasteiger partial charge is 0.476 e. The SMILES string of the molecule is CCCCc1nc(Cl)c(C(=O)O)n1Cc1ccc(-c2cc(N3CCCC(C)C3)ccc2-c2nnn(C(c3ccccc3)(c3ccccc3)c3ccccc3)n2)cc1. The van der Waals surface area contributed by atoms with Crippen molar-refractivity contribution in [2.24, 2.45) is 5.92 Å². The number of unbranched alkanes of at least 4 members (excludes halogenated alkanes) is 1. The van der Waals surface area contributed by atoms with Crippen LogP contribution in [0.1, 0.15) is 78.1 Å². The van der Waals surface area contributed by atoms with Crippen LogP contribution in [-0.2, 0) is 18.5 Å². The maximum atomic E-state index is 12.3. The molecule has 2 aromatic heterocycles. The number of rotatable bonds is 13. The highest BCUT2D eigenvalue weighted by Crippen LogP contribution is 2.41. The van der Waals surface area contributed by atoms with Gasteiger partial charge in [-0.05, 0) is 82.0 Å². The van der Waals surface area contributed by atoms with Crippen molar-refractivity contribution < 1.29 is 9.90 Å². The summed E-state index contributed by atoms with van der Waals surface area (Å²) in [4.78, 5) is 20.9. The Kier molecular flexibility index (Phi) is 11.0. The van der Waals surface area contributed by atoms with Crippen molar-refractivity contribution in [3.05, 3.63) is 172 Å². The van der Waals surface area contributed by atoms with E-state index in [-0.39, 0.29) is 10.8 Å². The van der Waals surface area contributed by atoms with E-state index in [1.54, 1.807) is 9.36 Å². The van der Waals surface area contributed by atoms with Gasteiger partial charge in [0.05, 0.1) is 0 Å². The molecule has 0 radical (unpaired) electrons. The second-order valence-corrected chi connectivity index (χ2v) is 15.4. The molecule has 1 aliphatic rings. The van der Waals surface area contributed by atoms with Crippen molar-refractivity contribution in [3.63, 3.8) is 0 Å². The molecule has 288 valence electrons. The minimum Gasteiger partial charge on any atom is -0.476 e. The summed E-state index contributed by atoms with van der Waals surface area (Å²) in [6, 6.07) is 45.9. The average molecular weight is 776 g/mol. The number of aryl methyl sites for hydroxylation is 1. The number of hydrogen-bond acceptors (Lipinski definition) is 6. The molecule has 1 N–H and O–H groups in total. The third-order valence-corrected chi connectivity index (χ3v) is 11.4. The summed E-state index contributed by atoms with van der Waals surface area (Å²) in [5, 5.41) is 25.0. The number of hydrogen-bond donors (Lipinski definition) is 1. The minimum absolute atomic E-state index is 0.0179. The van der Waals surface area contributed by atoms with Gasteiger partial charge in [-0.3, -0.25) is 0 Å². The van der Waals surface area contributed by atoms with Crippen molar-refractivity contribution in [2.45, 2.75) is 58.0 Å². The minimum atomic E-state index is -1.09. The van der Waals surface area contributed by atoms with Crippen LogP contribution >= 0.6 is 11.6 Å². The Morgan fingerprint density at radius 1 is 0.842 bits per heavy atom. The number of carboxylic acid groups (broad SMARTS) is 1. The first kappa shape index (κ1) is 37.8. The lowest BCUT2D eigenvalue weighted by molar-refractivity contribution is 0.0685. The number of tetrazole rings is 1. The fraction of sp³-hybridized carbons (Fsp3) is 0.255. The Morgan fingerprint density at radius 3 is 2.05 bits per heavy atom. The Balaban J connectivity index is 1.24. The lowest BCUT2D eigenvalue weighted by atomic mass is 9.77. The first-order valence-corrected chi connectivity index (χ1v) is 20.2. The van der Waals surface area contributed by atoms with E-state index in [2.05, 4.69) is 90.5 Å². The lowest BCUT2D eigenvalue weighted by Gasteiger charge is -2.34. The van der Waals surface area contributed by atoms with Gasteiger partial charge in [0.15, 0.2) is 16.4 Å². The van der Waals surface area contributed by atoms with Crippen molar-refractivity contribution in [1.82, 2.24) is 29.8 Å². The first-order valence-electron chi connectivity index (χ1n) is 19.8. The van der Waals surface area contributed by atoms with E-state index in [0.29, 0.717) is 30.5 Å². The zero-order valence-corrected chi connectivity index (χ0v) is 33.1. The molecule has 0 bridgehead atoms. The van der Waals surface area contributed by atoms with E-state index < -0.39 is 11.5 Å². The third kappa shape index (κ3) is 7.47. The highest BCUT2D eigenvalue weighted by atomic mass is 35.5. The molecule has 3 heterocycles. The Labute approximate surface area is 338 Å². The number of aromatic nitrogens is 6. The highest BCUT2D eigenvalue weighted by molar-refractivity contribution is 6.32. The maximum absolute atomic E-state index is 12.3. The number of benzene rings is 5. The zero-order valence-electron chi connectivity index (χ0n) is 32.3. The standard InChI is InChI=1S/C47H46ClN7O2/c1-3-4-22-42-49-44(48)43(46(56)57)54(42)32-34-23-25-35(26-24-34)41-30-39(53-29-14-15-33(2)31-53)27-28-40(41)45-50-52-55(51-45)47(36-16-8-5-9-17-36,37-18-10-6-11-19-37)38-20-12-7-13-21-38/h5-13,16-21,23-28,30,33H,3-4,14-15,22,29,31-32H2,1-2H3,(H,56,57). The number of halogens is 1. The molecule has 9 nitrogen and oxygen atoms in total. The van der Waals surface area contributed by atoms with Crippen LogP contribution in [0.15, 0.2) is 133 Å². The number of aromatic carboxylic acids is 1. The van der Waals surface area contributed by atoms with Crippen molar-refractivity contribution in [3.8, 4) is 22.5 Å².